The minimum absolute atomic E-state index is 0.342. The number of methoxy groups -OCH3 is 2. The van der Waals surface area contributed by atoms with Gasteiger partial charge in [-0.25, -0.2) is 9.97 Å². The van der Waals surface area contributed by atoms with Crippen molar-refractivity contribution in [3.05, 3.63) is 35.7 Å². The molecule has 1 unspecified atom stereocenters. The Kier molecular flexibility index (Phi) is 4.12. The van der Waals surface area contributed by atoms with E-state index in [0.29, 0.717) is 29.7 Å². The zero-order chi connectivity index (χ0) is 16.4. The summed E-state index contributed by atoms with van der Waals surface area (Å²) in [6, 6.07) is 5.40. The number of aromatic nitrogens is 2. The minimum Gasteiger partial charge on any atom is -0.491 e. The van der Waals surface area contributed by atoms with Gasteiger partial charge in [-0.05, 0) is 19.1 Å². The predicted octanol–water partition coefficient (Wildman–Crippen LogP) is 2.71. The Balaban J connectivity index is 1.95. The summed E-state index contributed by atoms with van der Waals surface area (Å²) in [5.41, 5.74) is 1.34. The van der Waals surface area contributed by atoms with Crippen LogP contribution in [0, 0.1) is 0 Å². The number of rotatable bonds is 4. The number of carbonyl (C=O) groups excluding carboxylic acids is 1. The molecule has 23 heavy (non-hydrogen) atoms. The smallest absolute Gasteiger partial charge is 0.278 e. The monoisotopic (exact) mass is 332 g/mol. The molecule has 120 valence electrons. The summed E-state index contributed by atoms with van der Waals surface area (Å²) in [6.07, 6.45) is 2.48. The van der Waals surface area contributed by atoms with Gasteiger partial charge in [-0.15, -0.1) is 11.8 Å². The van der Waals surface area contributed by atoms with Gasteiger partial charge >= 0.3 is 0 Å². The van der Waals surface area contributed by atoms with Crippen molar-refractivity contribution < 1.29 is 19.0 Å². The Bertz CT molecular complexity index is 753. The summed E-state index contributed by atoms with van der Waals surface area (Å²) in [6.45, 7) is 2.45. The van der Waals surface area contributed by atoms with Gasteiger partial charge in [-0.3, -0.25) is 4.79 Å². The summed E-state index contributed by atoms with van der Waals surface area (Å²) in [4.78, 5) is 20.6. The number of hydrogen-bond donors (Lipinski definition) is 0. The van der Waals surface area contributed by atoms with Crippen molar-refractivity contribution in [1.82, 2.24) is 9.97 Å². The van der Waals surface area contributed by atoms with E-state index in [9.17, 15) is 4.79 Å². The van der Waals surface area contributed by atoms with Crippen LogP contribution in [0.2, 0.25) is 0 Å². The number of thioether (sulfide) groups is 1. The molecule has 2 aromatic rings. The molecule has 1 aromatic carbocycles. The van der Waals surface area contributed by atoms with Crippen LogP contribution in [-0.4, -0.2) is 37.1 Å². The van der Waals surface area contributed by atoms with E-state index in [1.807, 2.05) is 13.0 Å². The van der Waals surface area contributed by atoms with E-state index in [4.69, 9.17) is 14.2 Å². The second kappa shape index (κ2) is 6.08. The molecule has 1 atom stereocenters. The lowest BCUT2D eigenvalue weighted by molar-refractivity contribution is 0.112. The quantitative estimate of drug-likeness (QED) is 0.797. The SMILES string of the molecule is COc1ncc(C2(C)COc3cc(C=O)ccc3S2)nc1OC. The van der Waals surface area contributed by atoms with Gasteiger partial charge in [0, 0.05) is 5.56 Å². The topological polar surface area (TPSA) is 70.5 Å². The molecule has 3 rings (SSSR count). The highest BCUT2D eigenvalue weighted by molar-refractivity contribution is 8.00. The lowest BCUT2D eigenvalue weighted by Crippen LogP contribution is -2.30. The van der Waals surface area contributed by atoms with Gasteiger partial charge < -0.3 is 14.2 Å². The summed E-state index contributed by atoms with van der Waals surface area (Å²) < 4.78 is 15.8. The van der Waals surface area contributed by atoms with Gasteiger partial charge in [0.05, 0.1) is 35.8 Å². The van der Waals surface area contributed by atoms with E-state index < -0.39 is 4.75 Å². The zero-order valence-corrected chi connectivity index (χ0v) is 13.8. The third kappa shape index (κ3) is 2.84. The number of benzene rings is 1. The molecule has 0 bridgehead atoms. The maximum atomic E-state index is 10.9. The standard InChI is InChI=1S/C16H16N2O4S/c1-16(13-7-17-14(20-2)15(18-13)21-3)9-22-11-6-10(8-19)4-5-12(11)23-16/h4-8H,9H2,1-3H3. The largest absolute Gasteiger partial charge is 0.491 e. The number of hydrogen-bond acceptors (Lipinski definition) is 7. The number of fused-ring (bicyclic) bond motifs is 1. The molecule has 1 aliphatic rings. The molecule has 0 spiro atoms. The number of carbonyl (C=O) groups is 1. The molecular formula is C16H16N2O4S. The average molecular weight is 332 g/mol. The molecule has 6 nitrogen and oxygen atoms in total. The van der Waals surface area contributed by atoms with Gasteiger partial charge in [-0.2, -0.15) is 0 Å². The maximum Gasteiger partial charge on any atom is 0.278 e. The number of aldehydes is 1. The van der Waals surface area contributed by atoms with Crippen LogP contribution >= 0.6 is 11.8 Å². The second-order valence-corrected chi connectivity index (χ2v) is 6.76. The highest BCUT2D eigenvalue weighted by atomic mass is 32.2. The van der Waals surface area contributed by atoms with Crippen LogP contribution in [0.1, 0.15) is 23.0 Å². The highest BCUT2D eigenvalue weighted by Crippen LogP contribution is 2.48. The third-order valence-electron chi connectivity index (χ3n) is 3.58. The summed E-state index contributed by atoms with van der Waals surface area (Å²) in [5, 5.41) is 0. The van der Waals surface area contributed by atoms with E-state index in [2.05, 4.69) is 9.97 Å². The molecule has 0 fully saturated rings. The molecule has 1 aromatic heterocycles. The van der Waals surface area contributed by atoms with Gasteiger partial charge in [0.15, 0.2) is 0 Å². The van der Waals surface area contributed by atoms with Crippen LogP contribution < -0.4 is 14.2 Å². The molecule has 0 saturated heterocycles. The molecular weight excluding hydrogens is 316 g/mol. The van der Waals surface area contributed by atoms with Crippen LogP contribution in [0.15, 0.2) is 29.3 Å². The van der Waals surface area contributed by atoms with Crippen LogP contribution in [0.5, 0.6) is 17.5 Å². The minimum atomic E-state index is -0.414. The Morgan fingerprint density at radius 3 is 2.78 bits per heavy atom. The van der Waals surface area contributed by atoms with E-state index >= 15 is 0 Å². The van der Waals surface area contributed by atoms with E-state index in [1.165, 1.54) is 14.2 Å². The third-order valence-corrected chi connectivity index (χ3v) is 4.91. The van der Waals surface area contributed by atoms with E-state index in [1.54, 1.807) is 30.1 Å². The Morgan fingerprint density at radius 1 is 1.30 bits per heavy atom. The average Bonchev–Trinajstić information content (AvgIpc) is 2.60. The Hall–Kier alpha value is -2.28. The van der Waals surface area contributed by atoms with Crippen molar-refractivity contribution >= 4 is 18.0 Å². The van der Waals surface area contributed by atoms with E-state index in [-0.39, 0.29) is 0 Å². The van der Waals surface area contributed by atoms with Crippen molar-refractivity contribution in [2.45, 2.75) is 16.6 Å². The van der Waals surface area contributed by atoms with Crippen LogP contribution in [0.25, 0.3) is 0 Å². The van der Waals surface area contributed by atoms with Gasteiger partial charge in [0.1, 0.15) is 18.6 Å². The van der Waals surface area contributed by atoms with Crippen LogP contribution in [0.4, 0.5) is 0 Å². The van der Waals surface area contributed by atoms with Crippen molar-refractivity contribution in [3.8, 4) is 17.5 Å². The summed E-state index contributed by atoms with van der Waals surface area (Å²) in [7, 11) is 3.05. The fourth-order valence-corrected chi connectivity index (χ4v) is 3.46. The molecule has 1 aliphatic heterocycles. The van der Waals surface area contributed by atoms with E-state index in [0.717, 1.165) is 16.9 Å². The van der Waals surface area contributed by atoms with Crippen LogP contribution in [0.3, 0.4) is 0 Å². The van der Waals surface area contributed by atoms with Gasteiger partial charge in [-0.1, -0.05) is 6.07 Å². The molecule has 0 aliphatic carbocycles. The first-order chi connectivity index (χ1) is 11.1. The fourth-order valence-electron chi connectivity index (χ4n) is 2.30. The Labute approximate surface area is 138 Å². The molecule has 0 radical (unpaired) electrons. The maximum absolute atomic E-state index is 10.9. The molecule has 7 heteroatoms. The van der Waals surface area contributed by atoms with Crippen molar-refractivity contribution in [2.24, 2.45) is 0 Å². The van der Waals surface area contributed by atoms with Crippen LogP contribution in [-0.2, 0) is 4.75 Å². The van der Waals surface area contributed by atoms with Crippen molar-refractivity contribution in [3.63, 3.8) is 0 Å². The molecule has 2 heterocycles. The predicted molar refractivity (Wildman–Crippen MR) is 85.7 cm³/mol. The Morgan fingerprint density at radius 2 is 2.09 bits per heavy atom. The lowest BCUT2D eigenvalue weighted by atomic mass is 10.1. The van der Waals surface area contributed by atoms with Crippen molar-refractivity contribution in [1.29, 1.82) is 0 Å². The lowest BCUT2D eigenvalue weighted by Gasteiger charge is -2.33. The fraction of sp³-hybridized carbons (Fsp3) is 0.312. The summed E-state index contributed by atoms with van der Waals surface area (Å²) in [5.74, 6) is 1.40. The first kappa shape index (κ1) is 15.6. The van der Waals surface area contributed by atoms with Crippen molar-refractivity contribution in [2.75, 3.05) is 20.8 Å². The molecule has 0 N–H and O–H groups in total. The van der Waals surface area contributed by atoms with Gasteiger partial charge in [0.2, 0.25) is 0 Å². The molecule has 0 amide bonds. The highest BCUT2D eigenvalue weighted by Gasteiger charge is 2.36. The first-order valence-corrected chi connectivity index (χ1v) is 7.78. The first-order valence-electron chi connectivity index (χ1n) is 6.96. The summed E-state index contributed by atoms with van der Waals surface area (Å²) >= 11 is 1.62. The zero-order valence-electron chi connectivity index (χ0n) is 13.0. The normalized spacial score (nSPS) is 19.4. The number of ether oxygens (including phenoxy) is 3. The van der Waals surface area contributed by atoms with Gasteiger partial charge in [0.25, 0.3) is 11.8 Å². The molecule has 0 saturated carbocycles. The second-order valence-electron chi connectivity index (χ2n) is 5.22. The number of nitrogens with zero attached hydrogens (tertiary/aromatic N) is 2.